The molecule has 0 radical (unpaired) electrons. The van der Waals surface area contributed by atoms with Crippen molar-refractivity contribution in [3.05, 3.63) is 176 Å². The molecule has 0 saturated heterocycles. The van der Waals surface area contributed by atoms with Crippen molar-refractivity contribution < 1.29 is 33.7 Å². The number of amides is 3. The zero-order valence-corrected chi connectivity index (χ0v) is 37.2. The minimum atomic E-state index is -1.25. The number of hydrogen-bond donors (Lipinski definition) is 3. The number of nitrogens with zero attached hydrogens (tertiary/aromatic N) is 2. The van der Waals surface area contributed by atoms with Gasteiger partial charge in [-0.25, -0.2) is 9.59 Å². The smallest absolute Gasteiger partial charge is 0.326 e. The van der Waals surface area contributed by atoms with Gasteiger partial charge in [-0.05, 0) is 113 Å². The predicted octanol–water partition coefficient (Wildman–Crippen LogP) is 9.82. The number of rotatable bonds is 13. The molecule has 3 N–H and O–H groups in total. The number of nitrogens with one attached hydrogen (secondary N) is 2. The normalized spacial score (nSPS) is 16.2. The lowest BCUT2D eigenvalue weighted by Gasteiger charge is -2.38. The highest BCUT2D eigenvalue weighted by Gasteiger charge is 2.38. The number of hydrogen-bond acceptors (Lipinski definition) is 7. The first-order chi connectivity index (χ1) is 30.9. The molecular weight excluding hydrogens is 851 g/mol. The highest BCUT2D eigenvalue weighted by atomic mass is 35.5. The summed E-state index contributed by atoms with van der Waals surface area (Å²) in [6, 6.07) is 33.0. The molecule has 13 heteroatoms. The third kappa shape index (κ3) is 10.1. The summed E-state index contributed by atoms with van der Waals surface area (Å²) >= 11 is 12.2. The Labute approximate surface area is 382 Å². The molecule has 328 valence electrons. The van der Waals surface area contributed by atoms with Crippen molar-refractivity contribution in [3.63, 3.8) is 0 Å². The van der Waals surface area contributed by atoms with Gasteiger partial charge >= 0.3 is 12.0 Å². The number of ether oxygens (including phenoxy) is 3. The van der Waals surface area contributed by atoms with Crippen molar-refractivity contribution in [2.24, 2.45) is 0 Å². The molecule has 0 aliphatic carbocycles. The van der Waals surface area contributed by atoms with Gasteiger partial charge in [0.05, 0.1) is 22.7 Å². The Kier molecular flexibility index (Phi) is 13.4. The average Bonchev–Trinajstić information content (AvgIpc) is 3.30. The van der Waals surface area contributed by atoms with E-state index in [4.69, 9.17) is 37.4 Å². The Morgan fingerprint density at radius 2 is 1.59 bits per heavy atom. The van der Waals surface area contributed by atoms with E-state index < -0.39 is 36.1 Å². The van der Waals surface area contributed by atoms with E-state index in [-0.39, 0.29) is 32.0 Å². The molecule has 2 aliphatic rings. The van der Waals surface area contributed by atoms with Gasteiger partial charge in [0.2, 0.25) is 5.91 Å². The van der Waals surface area contributed by atoms with Crippen LogP contribution in [0.2, 0.25) is 10.0 Å². The zero-order chi connectivity index (χ0) is 44.9. The summed E-state index contributed by atoms with van der Waals surface area (Å²) in [5.74, 6) is 0.0000199. The van der Waals surface area contributed by atoms with Crippen LogP contribution < -0.4 is 24.8 Å². The van der Waals surface area contributed by atoms with Gasteiger partial charge in [0.25, 0.3) is 0 Å². The van der Waals surface area contributed by atoms with Crippen LogP contribution in [0.1, 0.15) is 63.7 Å². The molecule has 5 aromatic carbocycles. The summed E-state index contributed by atoms with van der Waals surface area (Å²) < 4.78 is 18.7. The first kappa shape index (κ1) is 44.1. The molecule has 6 aromatic rings. The Morgan fingerprint density at radius 3 is 2.33 bits per heavy atom. The lowest BCUT2D eigenvalue weighted by atomic mass is 9.92. The Hall–Kier alpha value is -6.56. The van der Waals surface area contributed by atoms with E-state index in [1.165, 1.54) is 4.90 Å². The maximum Gasteiger partial charge on any atom is 0.326 e. The second-order valence-electron chi connectivity index (χ2n) is 16.2. The number of aryl methyl sites for hydroxylation is 1. The summed E-state index contributed by atoms with van der Waals surface area (Å²) in [7, 11) is 0. The van der Waals surface area contributed by atoms with Crippen LogP contribution in [-0.4, -0.2) is 58.2 Å². The van der Waals surface area contributed by atoms with Crippen LogP contribution >= 0.6 is 23.2 Å². The number of halogens is 2. The molecule has 3 amide bonds. The summed E-state index contributed by atoms with van der Waals surface area (Å²) in [6.45, 7) is 6.64. The molecule has 4 atom stereocenters. The first-order valence-electron chi connectivity index (χ1n) is 21.2. The standard InChI is InChI=1S/C51H48Cl2N4O7/c1-30-31(2)54-21-19-41(30)36-12-9-33(10-13-36)24-44(50(59)60)56-49(58)45-25-38-26-46-47(27-39(38)28-57(45)51(61)55-32(3)35-7-5-4-6-8-35)64-48(29-63-46)37-14-16-40(17-15-37)62-22-20-34-11-18-42(52)43(53)23-34/h4-19,21,23,26-27,32,44-45,48H,20,22,24-25,28-29H2,1-3H3,(H,55,61)(H,56,58)(H,59,60)/t32-,44+,45+,48-/m1/s1. The maximum atomic E-state index is 14.3. The third-order valence-electron chi connectivity index (χ3n) is 11.9. The number of aromatic nitrogens is 1. The van der Waals surface area contributed by atoms with Crippen LogP contribution in [0.5, 0.6) is 17.2 Å². The fourth-order valence-electron chi connectivity index (χ4n) is 8.09. The number of carbonyl (C=O) groups excluding carboxylic acids is 2. The van der Waals surface area contributed by atoms with Crippen molar-refractivity contribution in [1.82, 2.24) is 20.5 Å². The number of fused-ring (bicyclic) bond motifs is 2. The molecule has 0 bridgehead atoms. The van der Waals surface area contributed by atoms with E-state index in [2.05, 4.69) is 15.6 Å². The second-order valence-corrected chi connectivity index (χ2v) is 17.0. The average molecular weight is 900 g/mol. The van der Waals surface area contributed by atoms with Crippen molar-refractivity contribution >= 4 is 41.1 Å². The van der Waals surface area contributed by atoms with Gasteiger partial charge in [0, 0.05) is 37.7 Å². The number of carboxylic acids is 1. The predicted molar refractivity (Wildman–Crippen MR) is 246 cm³/mol. The molecule has 8 rings (SSSR count). The van der Waals surface area contributed by atoms with E-state index in [0.717, 1.165) is 55.8 Å². The van der Waals surface area contributed by atoms with Crippen LogP contribution in [0.15, 0.2) is 121 Å². The van der Waals surface area contributed by atoms with Gasteiger partial charge in [-0.3, -0.25) is 9.78 Å². The summed E-state index contributed by atoms with van der Waals surface area (Å²) in [6.07, 6.45) is 2.21. The van der Waals surface area contributed by atoms with Crippen molar-refractivity contribution in [1.29, 1.82) is 0 Å². The van der Waals surface area contributed by atoms with E-state index in [9.17, 15) is 19.5 Å². The van der Waals surface area contributed by atoms with Gasteiger partial charge < -0.3 is 34.9 Å². The largest absolute Gasteiger partial charge is 0.493 e. The maximum absolute atomic E-state index is 14.3. The van der Waals surface area contributed by atoms with E-state index in [1.807, 2.05) is 130 Å². The lowest BCUT2D eigenvalue weighted by molar-refractivity contribution is -0.142. The molecule has 3 heterocycles. The minimum absolute atomic E-state index is 0.0475. The molecule has 64 heavy (non-hydrogen) atoms. The summed E-state index contributed by atoms with van der Waals surface area (Å²) in [4.78, 5) is 46.9. The van der Waals surface area contributed by atoms with Crippen LogP contribution in [-0.2, 0) is 35.4 Å². The molecule has 2 aliphatic heterocycles. The van der Waals surface area contributed by atoms with E-state index in [1.54, 1.807) is 12.3 Å². The van der Waals surface area contributed by atoms with Crippen molar-refractivity contribution in [2.75, 3.05) is 13.2 Å². The topological polar surface area (TPSA) is 139 Å². The number of carboxylic acid groups (broad SMARTS) is 1. The molecule has 0 unspecified atom stereocenters. The fourth-order valence-corrected chi connectivity index (χ4v) is 8.41. The molecular formula is C51H48Cl2N4O7. The molecule has 0 saturated carbocycles. The molecule has 0 spiro atoms. The Balaban J connectivity index is 0.972. The monoisotopic (exact) mass is 898 g/mol. The SMILES string of the molecule is Cc1nccc(-c2ccc(C[C@H](NC(=O)[C@@H]3Cc4cc5c(cc4CN3C(=O)N[C@H](C)c3ccccc3)O[C@@H](c3ccc(OCCc4ccc(Cl)c(Cl)c4)cc3)CO5)C(=O)O)cc2)c1C. The highest BCUT2D eigenvalue weighted by Crippen LogP contribution is 2.41. The number of pyridine rings is 1. The quantitative estimate of drug-likeness (QED) is 0.104. The van der Waals surface area contributed by atoms with Gasteiger partial charge in [0.1, 0.15) is 24.4 Å². The zero-order valence-electron chi connectivity index (χ0n) is 35.6. The second kappa shape index (κ2) is 19.5. The fraction of sp³-hybridized carbons (Fsp3) is 0.255. The Morgan fingerprint density at radius 1 is 0.859 bits per heavy atom. The molecule has 11 nitrogen and oxygen atoms in total. The van der Waals surface area contributed by atoms with Crippen LogP contribution in [0.3, 0.4) is 0 Å². The van der Waals surface area contributed by atoms with Crippen LogP contribution in [0, 0.1) is 13.8 Å². The van der Waals surface area contributed by atoms with Gasteiger partial charge in [-0.15, -0.1) is 0 Å². The number of carbonyl (C=O) groups is 3. The highest BCUT2D eigenvalue weighted by molar-refractivity contribution is 6.42. The number of urea groups is 1. The van der Waals surface area contributed by atoms with Crippen LogP contribution in [0.4, 0.5) is 4.79 Å². The first-order valence-corrected chi connectivity index (χ1v) is 21.9. The van der Waals surface area contributed by atoms with E-state index in [0.29, 0.717) is 40.3 Å². The van der Waals surface area contributed by atoms with Gasteiger partial charge in [0.15, 0.2) is 17.6 Å². The summed E-state index contributed by atoms with van der Waals surface area (Å²) in [5.41, 5.74) is 9.17. The van der Waals surface area contributed by atoms with Crippen molar-refractivity contribution in [2.45, 2.75) is 70.8 Å². The van der Waals surface area contributed by atoms with Gasteiger partial charge in [-0.2, -0.15) is 0 Å². The Bertz CT molecular complexity index is 2660. The molecule has 0 fully saturated rings. The molecule has 1 aromatic heterocycles. The van der Waals surface area contributed by atoms with Crippen molar-refractivity contribution in [3.8, 4) is 28.4 Å². The van der Waals surface area contributed by atoms with Crippen LogP contribution in [0.25, 0.3) is 11.1 Å². The number of aliphatic carboxylic acids is 1. The lowest BCUT2D eigenvalue weighted by Crippen LogP contribution is -2.57. The number of benzene rings is 5. The van der Waals surface area contributed by atoms with E-state index >= 15 is 0 Å². The minimum Gasteiger partial charge on any atom is -0.493 e. The third-order valence-corrected chi connectivity index (χ3v) is 12.7. The summed E-state index contributed by atoms with van der Waals surface area (Å²) in [5, 5.41) is 17.2. The van der Waals surface area contributed by atoms with Gasteiger partial charge in [-0.1, -0.05) is 96.0 Å².